The van der Waals surface area contributed by atoms with Crippen LogP contribution in [-0.4, -0.2) is 67.0 Å². The van der Waals surface area contributed by atoms with Crippen LogP contribution in [0.2, 0.25) is 0 Å². The number of benzene rings is 2. The molecule has 2 aromatic rings. The fourth-order valence-electron chi connectivity index (χ4n) is 5.97. The summed E-state index contributed by atoms with van der Waals surface area (Å²) in [5, 5.41) is 0. The first-order valence-corrected chi connectivity index (χ1v) is 12.2. The summed E-state index contributed by atoms with van der Waals surface area (Å²) < 4.78 is 5.52. The zero-order valence-electron chi connectivity index (χ0n) is 19.4. The van der Waals surface area contributed by atoms with E-state index in [-0.39, 0.29) is 23.9 Å². The largest absolute Gasteiger partial charge is 0.495 e. The monoisotopic (exact) mass is 447 g/mol. The first-order chi connectivity index (χ1) is 16.2. The molecular weight excluding hydrogens is 414 g/mol. The number of likely N-dealkylation sites (tertiary alicyclic amines) is 1. The fourth-order valence-corrected chi connectivity index (χ4v) is 5.97. The van der Waals surface area contributed by atoms with Crippen LogP contribution in [0.25, 0.3) is 0 Å². The Balaban J connectivity index is 1.32. The Morgan fingerprint density at radius 3 is 2.33 bits per heavy atom. The number of hydrogen-bond acceptors (Lipinski definition) is 4. The van der Waals surface area contributed by atoms with Gasteiger partial charge < -0.3 is 19.4 Å². The molecule has 1 saturated carbocycles. The first kappa shape index (κ1) is 21.8. The summed E-state index contributed by atoms with van der Waals surface area (Å²) in [6.07, 6.45) is 5.27. The minimum absolute atomic E-state index is 0.0102. The highest BCUT2D eigenvalue weighted by Gasteiger charge is 2.48. The van der Waals surface area contributed by atoms with Crippen LogP contribution < -0.4 is 9.64 Å². The van der Waals surface area contributed by atoms with Crippen LogP contribution in [0.5, 0.6) is 5.75 Å². The van der Waals surface area contributed by atoms with Gasteiger partial charge in [-0.15, -0.1) is 0 Å². The van der Waals surface area contributed by atoms with Gasteiger partial charge in [-0.25, -0.2) is 0 Å². The quantitative estimate of drug-likeness (QED) is 0.715. The molecule has 0 spiro atoms. The molecule has 174 valence electrons. The third-order valence-electron chi connectivity index (χ3n) is 7.65. The van der Waals surface area contributed by atoms with Gasteiger partial charge in [-0.3, -0.25) is 9.59 Å². The lowest BCUT2D eigenvalue weighted by Gasteiger charge is -2.39. The lowest BCUT2D eigenvalue weighted by atomic mass is 9.84. The minimum Gasteiger partial charge on any atom is -0.495 e. The smallest absolute Gasteiger partial charge is 0.254 e. The van der Waals surface area contributed by atoms with E-state index in [2.05, 4.69) is 11.0 Å². The molecule has 2 aliphatic heterocycles. The Hall–Kier alpha value is -3.02. The number of nitrogens with zero attached hydrogens (tertiary/aromatic N) is 3. The van der Waals surface area contributed by atoms with Crippen LogP contribution in [0.1, 0.15) is 42.5 Å². The average molecular weight is 448 g/mol. The lowest BCUT2D eigenvalue weighted by molar-refractivity contribution is -0.136. The number of carbonyl (C=O) groups is 2. The molecule has 3 fully saturated rings. The summed E-state index contributed by atoms with van der Waals surface area (Å²) in [5.41, 5.74) is 1.75. The Bertz CT molecular complexity index is 987. The van der Waals surface area contributed by atoms with E-state index < -0.39 is 0 Å². The molecule has 0 N–H and O–H groups in total. The van der Waals surface area contributed by atoms with Gasteiger partial charge in [0.2, 0.25) is 5.91 Å². The predicted octanol–water partition coefficient (Wildman–Crippen LogP) is 3.82. The van der Waals surface area contributed by atoms with Crippen molar-refractivity contribution < 1.29 is 14.3 Å². The van der Waals surface area contributed by atoms with Gasteiger partial charge in [0, 0.05) is 37.8 Å². The van der Waals surface area contributed by atoms with Crippen LogP contribution >= 0.6 is 0 Å². The van der Waals surface area contributed by atoms with Crippen molar-refractivity contribution in [3.8, 4) is 5.75 Å². The number of hydrogen-bond donors (Lipinski definition) is 0. The van der Waals surface area contributed by atoms with Crippen molar-refractivity contribution in [1.82, 2.24) is 9.80 Å². The maximum atomic E-state index is 13.7. The molecule has 2 heterocycles. The van der Waals surface area contributed by atoms with Crippen molar-refractivity contribution in [2.45, 2.75) is 44.2 Å². The number of carbonyl (C=O) groups excluding carboxylic acids is 2. The third kappa shape index (κ3) is 4.19. The Morgan fingerprint density at radius 2 is 1.58 bits per heavy atom. The molecule has 2 aromatic carbocycles. The molecule has 2 amide bonds. The van der Waals surface area contributed by atoms with Crippen molar-refractivity contribution in [2.75, 3.05) is 38.2 Å². The number of para-hydroxylation sites is 2. The molecule has 5 rings (SSSR count). The topological polar surface area (TPSA) is 53.1 Å². The van der Waals surface area contributed by atoms with E-state index in [0.29, 0.717) is 24.6 Å². The molecule has 0 bridgehead atoms. The molecule has 0 aromatic heterocycles. The zero-order valence-corrected chi connectivity index (χ0v) is 19.4. The Morgan fingerprint density at radius 1 is 0.879 bits per heavy atom. The SMILES string of the molecule is COc1ccccc1N1CCN(C(=O)[C@@H]2C[C@@H]3CCCC[C@@H]3N2C(=O)c2ccccc2)CC1. The van der Waals surface area contributed by atoms with E-state index in [1.165, 1.54) is 6.42 Å². The number of amides is 2. The number of piperazine rings is 1. The van der Waals surface area contributed by atoms with E-state index >= 15 is 0 Å². The van der Waals surface area contributed by atoms with Crippen LogP contribution in [-0.2, 0) is 4.79 Å². The highest BCUT2D eigenvalue weighted by molar-refractivity contribution is 5.98. The maximum absolute atomic E-state index is 13.7. The van der Waals surface area contributed by atoms with Gasteiger partial charge in [0.1, 0.15) is 11.8 Å². The van der Waals surface area contributed by atoms with Crippen molar-refractivity contribution in [1.29, 1.82) is 0 Å². The lowest BCUT2D eigenvalue weighted by Crippen LogP contribution is -2.55. The Kier molecular flexibility index (Phi) is 6.25. The van der Waals surface area contributed by atoms with Crippen molar-refractivity contribution in [2.24, 2.45) is 5.92 Å². The molecular formula is C27H33N3O3. The number of methoxy groups -OCH3 is 1. The van der Waals surface area contributed by atoms with Gasteiger partial charge in [0.15, 0.2) is 0 Å². The number of ether oxygens (including phenoxy) is 1. The molecule has 2 saturated heterocycles. The van der Waals surface area contributed by atoms with Gasteiger partial charge in [-0.1, -0.05) is 43.2 Å². The first-order valence-electron chi connectivity index (χ1n) is 12.2. The molecule has 0 radical (unpaired) electrons. The van der Waals surface area contributed by atoms with Gasteiger partial charge >= 0.3 is 0 Å². The van der Waals surface area contributed by atoms with E-state index in [1.54, 1.807) is 7.11 Å². The highest BCUT2D eigenvalue weighted by atomic mass is 16.5. The standard InChI is InChI=1S/C27H33N3O3/c1-33-25-14-8-7-13-23(25)28-15-17-29(18-16-28)27(32)24-19-21-11-5-6-12-22(21)30(24)26(31)20-9-3-2-4-10-20/h2-4,7-10,13-14,21-22,24H,5-6,11-12,15-19H2,1H3/t21-,22-,24-/m0/s1. The average Bonchev–Trinajstić information content (AvgIpc) is 3.28. The summed E-state index contributed by atoms with van der Waals surface area (Å²) in [5.74, 6) is 1.43. The molecule has 6 heteroatoms. The second kappa shape index (κ2) is 9.46. The number of anilines is 1. The highest BCUT2D eigenvalue weighted by Crippen LogP contribution is 2.41. The summed E-state index contributed by atoms with van der Waals surface area (Å²) in [6.45, 7) is 2.85. The van der Waals surface area contributed by atoms with E-state index in [9.17, 15) is 9.59 Å². The van der Waals surface area contributed by atoms with Crippen LogP contribution in [0.4, 0.5) is 5.69 Å². The minimum atomic E-state index is -0.344. The van der Waals surface area contributed by atoms with E-state index in [0.717, 1.165) is 50.2 Å². The molecule has 3 atom stereocenters. The van der Waals surface area contributed by atoms with Crippen molar-refractivity contribution in [3.05, 3.63) is 60.2 Å². The third-order valence-corrected chi connectivity index (χ3v) is 7.65. The predicted molar refractivity (Wildman–Crippen MR) is 129 cm³/mol. The molecule has 6 nitrogen and oxygen atoms in total. The Labute approximate surface area is 196 Å². The summed E-state index contributed by atoms with van der Waals surface area (Å²) in [4.78, 5) is 33.5. The second-order valence-electron chi connectivity index (χ2n) is 9.43. The van der Waals surface area contributed by atoms with Gasteiger partial charge in [-0.2, -0.15) is 0 Å². The molecule has 33 heavy (non-hydrogen) atoms. The molecule has 1 aliphatic carbocycles. The fraction of sp³-hybridized carbons (Fsp3) is 0.481. The number of rotatable bonds is 4. The van der Waals surface area contributed by atoms with Crippen molar-refractivity contribution in [3.63, 3.8) is 0 Å². The van der Waals surface area contributed by atoms with E-state index in [1.807, 2.05) is 58.3 Å². The summed E-state index contributed by atoms with van der Waals surface area (Å²) in [6, 6.07) is 17.3. The van der Waals surface area contributed by atoms with Crippen LogP contribution in [0.15, 0.2) is 54.6 Å². The van der Waals surface area contributed by atoms with Crippen LogP contribution in [0, 0.1) is 5.92 Å². The van der Waals surface area contributed by atoms with Gasteiger partial charge in [-0.05, 0) is 49.4 Å². The van der Waals surface area contributed by atoms with Crippen molar-refractivity contribution >= 4 is 17.5 Å². The second-order valence-corrected chi connectivity index (χ2v) is 9.43. The van der Waals surface area contributed by atoms with E-state index in [4.69, 9.17) is 4.74 Å². The summed E-state index contributed by atoms with van der Waals surface area (Å²) >= 11 is 0. The maximum Gasteiger partial charge on any atom is 0.254 e. The van der Waals surface area contributed by atoms with Gasteiger partial charge in [0.25, 0.3) is 5.91 Å². The molecule has 0 unspecified atom stereocenters. The van der Waals surface area contributed by atoms with Crippen LogP contribution in [0.3, 0.4) is 0 Å². The number of fused-ring (bicyclic) bond motifs is 1. The normalized spacial score (nSPS) is 25.0. The van der Waals surface area contributed by atoms with Gasteiger partial charge in [0.05, 0.1) is 12.8 Å². The molecule has 3 aliphatic rings. The zero-order chi connectivity index (χ0) is 22.8. The summed E-state index contributed by atoms with van der Waals surface area (Å²) in [7, 11) is 1.69.